The van der Waals surface area contributed by atoms with E-state index in [4.69, 9.17) is 29.3 Å². The molecule has 2 aliphatic rings. The molecule has 0 aliphatic carbocycles. The summed E-state index contributed by atoms with van der Waals surface area (Å²) in [6, 6.07) is 4.13. The van der Waals surface area contributed by atoms with Crippen molar-refractivity contribution in [2.45, 2.75) is 43.4 Å². The highest BCUT2D eigenvalue weighted by atomic mass is 19.4. The van der Waals surface area contributed by atoms with E-state index < -0.39 is 24.3 Å². The van der Waals surface area contributed by atoms with Gasteiger partial charge in [-0.3, -0.25) is 9.88 Å². The lowest BCUT2D eigenvalue weighted by atomic mass is 10.00. The third-order valence-electron chi connectivity index (χ3n) is 4.95. The first kappa shape index (κ1) is 31.5. The number of alkyl halides is 6. The van der Waals surface area contributed by atoms with Crippen molar-refractivity contribution >= 4 is 11.9 Å². The number of pyridine rings is 1. The zero-order valence-corrected chi connectivity index (χ0v) is 19.7. The fourth-order valence-electron chi connectivity index (χ4n) is 3.52. The number of carboxylic acids is 2. The predicted octanol–water partition coefficient (Wildman–Crippen LogP) is 2.66. The molecular weight excluding hydrogens is 504 g/mol. The Hall–Kier alpha value is -2.49. The van der Waals surface area contributed by atoms with Crippen molar-refractivity contribution in [1.29, 1.82) is 0 Å². The minimum atomic E-state index is -5.08. The van der Waals surface area contributed by atoms with Gasteiger partial charge in [0.2, 0.25) is 0 Å². The quantitative estimate of drug-likeness (QED) is 0.564. The van der Waals surface area contributed by atoms with Crippen LogP contribution in [-0.4, -0.2) is 108 Å². The maximum Gasteiger partial charge on any atom is 0.490 e. The van der Waals surface area contributed by atoms with Crippen LogP contribution in [0.1, 0.15) is 18.4 Å². The van der Waals surface area contributed by atoms with Crippen molar-refractivity contribution in [3.05, 3.63) is 30.1 Å². The number of hydrogen-bond donors (Lipinski definition) is 2. The molecule has 3 rings (SSSR count). The summed E-state index contributed by atoms with van der Waals surface area (Å²) in [5.74, 6) is -5.51. The largest absolute Gasteiger partial charge is 0.490 e. The Morgan fingerprint density at radius 2 is 1.75 bits per heavy atom. The third kappa shape index (κ3) is 12.0. The average molecular weight is 533 g/mol. The molecule has 206 valence electrons. The number of likely N-dealkylation sites (N-methyl/N-ethyl adjacent to an activating group) is 1. The summed E-state index contributed by atoms with van der Waals surface area (Å²) in [4.78, 5) is 26.7. The van der Waals surface area contributed by atoms with Crippen molar-refractivity contribution in [1.82, 2.24) is 14.8 Å². The number of nitrogens with zero attached hydrogens (tertiary/aromatic N) is 3. The molecule has 2 N–H and O–H groups in total. The van der Waals surface area contributed by atoms with E-state index in [-0.39, 0.29) is 5.60 Å². The molecule has 0 amide bonds. The van der Waals surface area contributed by atoms with Gasteiger partial charge in [-0.15, -0.1) is 0 Å². The summed E-state index contributed by atoms with van der Waals surface area (Å²) in [6.45, 7) is 5.32. The number of rotatable bonds is 4. The number of aliphatic carboxylic acids is 2. The van der Waals surface area contributed by atoms with Crippen LogP contribution in [0.2, 0.25) is 0 Å². The SMILES string of the molecule is CN(C)CC1CCC2(COCCN(Cc3cccnc3)C2)O1.O=C(O)C(F)(F)F.O=C(O)C(F)(F)F. The molecule has 15 heteroatoms. The fraction of sp³-hybridized carbons (Fsp3) is 0.667. The monoisotopic (exact) mass is 533 g/mol. The molecule has 3 heterocycles. The second-order valence-corrected chi connectivity index (χ2v) is 8.45. The van der Waals surface area contributed by atoms with Crippen LogP contribution in [0.5, 0.6) is 0 Å². The van der Waals surface area contributed by atoms with Gasteiger partial charge in [0.15, 0.2) is 0 Å². The topological polar surface area (TPSA) is 112 Å². The van der Waals surface area contributed by atoms with Crippen LogP contribution < -0.4 is 0 Å². The van der Waals surface area contributed by atoms with Crippen LogP contribution in [0.3, 0.4) is 0 Å². The minimum Gasteiger partial charge on any atom is -0.475 e. The van der Waals surface area contributed by atoms with Gasteiger partial charge in [-0.25, -0.2) is 9.59 Å². The summed E-state index contributed by atoms with van der Waals surface area (Å²) < 4.78 is 75.8. The van der Waals surface area contributed by atoms with Crippen molar-refractivity contribution in [2.75, 3.05) is 46.9 Å². The molecule has 1 spiro atoms. The van der Waals surface area contributed by atoms with E-state index in [0.717, 1.165) is 52.2 Å². The van der Waals surface area contributed by atoms with Gasteiger partial charge < -0.3 is 24.6 Å². The maximum atomic E-state index is 10.6. The van der Waals surface area contributed by atoms with Crippen LogP contribution in [-0.2, 0) is 25.6 Å². The van der Waals surface area contributed by atoms with Gasteiger partial charge in [-0.1, -0.05) is 6.07 Å². The molecule has 0 bridgehead atoms. The first-order chi connectivity index (χ1) is 16.5. The van der Waals surface area contributed by atoms with Gasteiger partial charge in [-0.05, 0) is 38.6 Å². The molecular formula is C21H29F6N3O6. The smallest absolute Gasteiger partial charge is 0.475 e. The number of halogens is 6. The standard InChI is InChI=1S/C17H27N3O2.2C2HF3O2/c1-19(2)12-16-5-6-17(22-16)13-20(8-9-21-14-17)11-15-4-3-7-18-10-15;2*3-2(4,5)1(6)7/h3-4,7,10,16H,5-6,8-9,11-14H2,1-2H3;2*(H,6,7). The molecule has 1 aromatic rings. The number of hydrogen-bond acceptors (Lipinski definition) is 7. The number of ether oxygens (including phenoxy) is 2. The Bertz CT molecular complexity index is 801. The van der Waals surface area contributed by atoms with E-state index in [9.17, 15) is 26.3 Å². The average Bonchev–Trinajstić information content (AvgIpc) is 3.01. The lowest BCUT2D eigenvalue weighted by molar-refractivity contribution is -0.193. The number of carboxylic acid groups (broad SMARTS) is 2. The lowest BCUT2D eigenvalue weighted by Gasteiger charge is -2.32. The maximum absolute atomic E-state index is 10.6. The molecule has 0 aromatic carbocycles. The van der Waals surface area contributed by atoms with Crippen LogP contribution in [0, 0.1) is 0 Å². The van der Waals surface area contributed by atoms with Crippen LogP contribution >= 0.6 is 0 Å². The normalized spacial score (nSPS) is 22.8. The molecule has 1 aromatic heterocycles. The highest BCUT2D eigenvalue weighted by molar-refractivity contribution is 5.73. The van der Waals surface area contributed by atoms with Gasteiger partial charge in [0.05, 0.1) is 19.3 Å². The molecule has 2 atom stereocenters. The minimum absolute atomic E-state index is 0.126. The second-order valence-electron chi connectivity index (χ2n) is 8.45. The van der Waals surface area contributed by atoms with E-state index in [1.807, 2.05) is 18.5 Å². The van der Waals surface area contributed by atoms with Gasteiger partial charge in [0.25, 0.3) is 0 Å². The van der Waals surface area contributed by atoms with Crippen molar-refractivity contribution < 1.29 is 55.6 Å². The Kier molecular flexibility index (Phi) is 12.0. The molecule has 0 saturated carbocycles. The van der Waals surface area contributed by atoms with Gasteiger partial charge in [-0.2, -0.15) is 26.3 Å². The highest BCUT2D eigenvalue weighted by Gasteiger charge is 2.43. The summed E-state index contributed by atoms with van der Waals surface area (Å²) in [5.41, 5.74) is 1.13. The van der Waals surface area contributed by atoms with Crippen molar-refractivity contribution in [3.8, 4) is 0 Å². The molecule has 9 nitrogen and oxygen atoms in total. The van der Waals surface area contributed by atoms with Crippen molar-refractivity contribution in [2.24, 2.45) is 0 Å². The zero-order chi connectivity index (χ0) is 27.6. The summed E-state index contributed by atoms with van der Waals surface area (Å²) in [5, 5.41) is 14.2. The van der Waals surface area contributed by atoms with E-state index >= 15 is 0 Å². The molecule has 2 saturated heterocycles. The summed E-state index contributed by atoms with van der Waals surface area (Å²) in [7, 11) is 4.21. The van der Waals surface area contributed by atoms with Gasteiger partial charge >= 0.3 is 24.3 Å². The first-order valence-electron chi connectivity index (χ1n) is 10.7. The molecule has 2 unspecified atom stereocenters. The Morgan fingerprint density at radius 3 is 2.22 bits per heavy atom. The molecule has 0 radical (unpaired) electrons. The number of carbonyl (C=O) groups is 2. The Labute approximate surface area is 203 Å². The van der Waals surface area contributed by atoms with E-state index in [0.29, 0.717) is 6.10 Å². The molecule has 2 aliphatic heterocycles. The second kappa shape index (κ2) is 13.7. The summed E-state index contributed by atoms with van der Waals surface area (Å²) in [6.07, 6.45) is -3.85. The Balaban J connectivity index is 0.000000383. The van der Waals surface area contributed by atoms with Gasteiger partial charge in [0, 0.05) is 38.6 Å². The lowest BCUT2D eigenvalue weighted by Crippen LogP contribution is -2.45. The van der Waals surface area contributed by atoms with Crippen LogP contribution in [0.25, 0.3) is 0 Å². The molecule has 36 heavy (non-hydrogen) atoms. The zero-order valence-electron chi connectivity index (χ0n) is 19.7. The highest BCUT2D eigenvalue weighted by Crippen LogP contribution is 2.33. The number of aromatic nitrogens is 1. The first-order valence-corrected chi connectivity index (χ1v) is 10.7. The van der Waals surface area contributed by atoms with Crippen molar-refractivity contribution in [3.63, 3.8) is 0 Å². The van der Waals surface area contributed by atoms with E-state index in [2.05, 4.69) is 34.9 Å². The van der Waals surface area contributed by atoms with Crippen LogP contribution in [0.15, 0.2) is 24.5 Å². The van der Waals surface area contributed by atoms with Crippen LogP contribution in [0.4, 0.5) is 26.3 Å². The van der Waals surface area contributed by atoms with E-state index in [1.54, 1.807) is 0 Å². The Morgan fingerprint density at radius 1 is 1.17 bits per heavy atom. The molecule has 2 fully saturated rings. The fourth-order valence-corrected chi connectivity index (χ4v) is 3.52. The van der Waals surface area contributed by atoms with Gasteiger partial charge in [0.1, 0.15) is 5.60 Å². The van der Waals surface area contributed by atoms with E-state index in [1.165, 1.54) is 5.56 Å². The predicted molar refractivity (Wildman–Crippen MR) is 113 cm³/mol. The summed E-state index contributed by atoms with van der Waals surface area (Å²) >= 11 is 0. The third-order valence-corrected chi connectivity index (χ3v) is 4.95.